The molecule has 3 amide bonds. The Bertz CT molecular complexity index is 1010. The SMILES string of the molecule is CCOC(=O)c1nn(-c2ccc([N+](=O)[O-])cc2)cc1OCC(=O)NC(=O)NC1CCCCC1. The van der Waals surface area contributed by atoms with E-state index in [9.17, 15) is 24.5 Å². The van der Waals surface area contributed by atoms with Crippen molar-refractivity contribution >= 4 is 23.6 Å². The summed E-state index contributed by atoms with van der Waals surface area (Å²) in [4.78, 5) is 46.7. The second kappa shape index (κ2) is 11.1. The van der Waals surface area contributed by atoms with Crippen LogP contribution in [0.3, 0.4) is 0 Å². The zero-order valence-corrected chi connectivity index (χ0v) is 18.1. The molecule has 0 bridgehead atoms. The molecule has 176 valence electrons. The largest absolute Gasteiger partial charge is 0.480 e. The molecule has 1 aliphatic rings. The number of hydrogen-bond acceptors (Lipinski definition) is 8. The number of nitro groups is 1. The molecule has 1 heterocycles. The molecule has 0 atom stereocenters. The molecule has 2 N–H and O–H groups in total. The van der Waals surface area contributed by atoms with Crippen LogP contribution in [0.2, 0.25) is 0 Å². The van der Waals surface area contributed by atoms with Gasteiger partial charge in [0.15, 0.2) is 12.4 Å². The zero-order valence-electron chi connectivity index (χ0n) is 18.1. The Morgan fingerprint density at radius 2 is 1.88 bits per heavy atom. The van der Waals surface area contributed by atoms with Crippen LogP contribution < -0.4 is 15.4 Å². The van der Waals surface area contributed by atoms with Crippen LogP contribution in [-0.4, -0.2) is 51.9 Å². The summed E-state index contributed by atoms with van der Waals surface area (Å²) >= 11 is 0. The molecule has 12 nitrogen and oxygen atoms in total. The van der Waals surface area contributed by atoms with Crippen molar-refractivity contribution in [1.29, 1.82) is 0 Å². The van der Waals surface area contributed by atoms with E-state index in [0.717, 1.165) is 32.1 Å². The molecule has 2 aromatic rings. The maximum absolute atomic E-state index is 12.3. The van der Waals surface area contributed by atoms with Crippen molar-refractivity contribution in [2.24, 2.45) is 0 Å². The highest BCUT2D eigenvalue weighted by molar-refractivity contribution is 5.95. The van der Waals surface area contributed by atoms with E-state index in [1.165, 1.54) is 35.1 Å². The number of benzene rings is 1. The lowest BCUT2D eigenvalue weighted by Crippen LogP contribution is -2.46. The number of nitro benzene ring substituents is 1. The van der Waals surface area contributed by atoms with Crippen LogP contribution in [0.1, 0.15) is 49.5 Å². The van der Waals surface area contributed by atoms with Crippen molar-refractivity contribution in [3.05, 3.63) is 46.3 Å². The molecule has 1 aromatic heterocycles. The predicted octanol–water partition coefficient (Wildman–Crippen LogP) is 2.49. The predicted molar refractivity (Wildman–Crippen MR) is 115 cm³/mol. The summed E-state index contributed by atoms with van der Waals surface area (Å²) in [6.45, 7) is 1.20. The van der Waals surface area contributed by atoms with Gasteiger partial charge in [-0.25, -0.2) is 14.3 Å². The molecule has 0 saturated heterocycles. The van der Waals surface area contributed by atoms with E-state index in [1.807, 2.05) is 0 Å². The molecule has 1 saturated carbocycles. The highest BCUT2D eigenvalue weighted by atomic mass is 16.6. The van der Waals surface area contributed by atoms with Gasteiger partial charge in [-0.3, -0.25) is 20.2 Å². The Balaban J connectivity index is 1.66. The first-order valence-corrected chi connectivity index (χ1v) is 10.6. The fourth-order valence-electron chi connectivity index (χ4n) is 3.44. The molecule has 0 radical (unpaired) electrons. The van der Waals surface area contributed by atoms with Gasteiger partial charge < -0.3 is 14.8 Å². The standard InChI is InChI=1S/C21H25N5O7/c1-2-32-20(28)19-17(12-25(24-19)15-8-10-16(11-9-15)26(30)31)33-13-18(27)23-21(29)22-14-6-4-3-5-7-14/h8-12,14H,2-7,13H2,1H3,(H2,22,23,27,29). The van der Waals surface area contributed by atoms with Gasteiger partial charge in [0.1, 0.15) is 0 Å². The third-order valence-corrected chi connectivity index (χ3v) is 5.03. The summed E-state index contributed by atoms with van der Waals surface area (Å²) in [6.07, 6.45) is 6.33. The molecular weight excluding hydrogens is 434 g/mol. The van der Waals surface area contributed by atoms with Gasteiger partial charge in [0.2, 0.25) is 5.69 Å². The molecule has 0 spiro atoms. The second-order valence-corrected chi connectivity index (χ2v) is 7.43. The smallest absolute Gasteiger partial charge is 0.362 e. The monoisotopic (exact) mass is 459 g/mol. The van der Waals surface area contributed by atoms with Gasteiger partial charge in [0, 0.05) is 18.2 Å². The molecule has 3 rings (SSSR count). The number of carbonyl (C=O) groups excluding carboxylic acids is 3. The van der Waals surface area contributed by atoms with Crippen LogP contribution in [0.25, 0.3) is 5.69 Å². The van der Waals surface area contributed by atoms with Crippen molar-refractivity contribution in [1.82, 2.24) is 20.4 Å². The number of hydrogen-bond donors (Lipinski definition) is 2. The summed E-state index contributed by atoms with van der Waals surface area (Å²) in [5.74, 6) is -1.49. The first-order chi connectivity index (χ1) is 15.9. The Morgan fingerprint density at radius 3 is 2.52 bits per heavy atom. The van der Waals surface area contributed by atoms with Gasteiger partial charge in [-0.15, -0.1) is 0 Å². The number of urea groups is 1. The van der Waals surface area contributed by atoms with E-state index >= 15 is 0 Å². The molecular formula is C21H25N5O7. The van der Waals surface area contributed by atoms with Crippen molar-refractivity contribution in [3.8, 4) is 11.4 Å². The Labute approximate surface area is 189 Å². The van der Waals surface area contributed by atoms with Gasteiger partial charge in [0.25, 0.3) is 11.6 Å². The molecule has 0 unspecified atom stereocenters. The fourth-order valence-corrected chi connectivity index (χ4v) is 3.44. The second-order valence-electron chi connectivity index (χ2n) is 7.43. The Hall–Kier alpha value is -3.96. The summed E-state index contributed by atoms with van der Waals surface area (Å²) in [5, 5.41) is 19.9. The molecule has 1 aromatic carbocycles. The average Bonchev–Trinajstić information content (AvgIpc) is 3.23. The summed E-state index contributed by atoms with van der Waals surface area (Å²) in [6, 6.07) is 4.93. The number of nitrogens with zero attached hydrogens (tertiary/aromatic N) is 3. The fraction of sp³-hybridized carbons (Fsp3) is 0.429. The maximum Gasteiger partial charge on any atom is 0.362 e. The molecule has 33 heavy (non-hydrogen) atoms. The lowest BCUT2D eigenvalue weighted by Gasteiger charge is -2.22. The number of amides is 3. The van der Waals surface area contributed by atoms with Crippen molar-refractivity contribution in [2.75, 3.05) is 13.2 Å². The molecule has 12 heteroatoms. The van der Waals surface area contributed by atoms with Crippen LogP contribution in [-0.2, 0) is 9.53 Å². The zero-order chi connectivity index (χ0) is 23.8. The third-order valence-electron chi connectivity index (χ3n) is 5.03. The first-order valence-electron chi connectivity index (χ1n) is 10.6. The summed E-state index contributed by atoms with van der Waals surface area (Å²) in [7, 11) is 0. The molecule has 1 fully saturated rings. The van der Waals surface area contributed by atoms with Crippen LogP contribution >= 0.6 is 0 Å². The van der Waals surface area contributed by atoms with Crippen molar-refractivity contribution in [2.45, 2.75) is 45.1 Å². The van der Waals surface area contributed by atoms with Gasteiger partial charge in [0.05, 0.1) is 23.4 Å². The molecule has 0 aliphatic heterocycles. The number of non-ortho nitro benzene ring substituents is 1. The van der Waals surface area contributed by atoms with Crippen molar-refractivity contribution < 1.29 is 28.8 Å². The average molecular weight is 459 g/mol. The maximum atomic E-state index is 12.3. The van der Waals surface area contributed by atoms with E-state index in [2.05, 4.69) is 15.7 Å². The number of imide groups is 1. The van der Waals surface area contributed by atoms with E-state index in [0.29, 0.717) is 5.69 Å². The number of nitrogens with one attached hydrogen (secondary N) is 2. The minimum absolute atomic E-state index is 0.0327. The lowest BCUT2D eigenvalue weighted by molar-refractivity contribution is -0.384. The van der Waals surface area contributed by atoms with E-state index in [-0.39, 0.29) is 29.8 Å². The van der Waals surface area contributed by atoms with E-state index in [4.69, 9.17) is 9.47 Å². The number of rotatable bonds is 8. The van der Waals surface area contributed by atoms with Gasteiger partial charge in [-0.2, -0.15) is 5.10 Å². The quantitative estimate of drug-likeness (QED) is 0.347. The van der Waals surface area contributed by atoms with E-state index in [1.54, 1.807) is 6.92 Å². The van der Waals surface area contributed by atoms with Gasteiger partial charge in [-0.1, -0.05) is 19.3 Å². The number of aromatic nitrogens is 2. The highest BCUT2D eigenvalue weighted by Crippen LogP contribution is 2.22. The van der Waals surface area contributed by atoms with Crippen molar-refractivity contribution in [3.63, 3.8) is 0 Å². The summed E-state index contributed by atoms with van der Waals surface area (Å²) in [5.41, 5.74) is 0.156. The highest BCUT2D eigenvalue weighted by Gasteiger charge is 2.22. The normalized spacial score (nSPS) is 13.7. The van der Waals surface area contributed by atoms with Crippen LogP contribution in [0.4, 0.5) is 10.5 Å². The lowest BCUT2D eigenvalue weighted by atomic mass is 9.96. The minimum atomic E-state index is -0.761. The van der Waals surface area contributed by atoms with Crippen LogP contribution in [0.15, 0.2) is 30.5 Å². The van der Waals surface area contributed by atoms with E-state index < -0.39 is 29.4 Å². The minimum Gasteiger partial charge on any atom is -0.480 e. The van der Waals surface area contributed by atoms with Crippen LogP contribution in [0, 0.1) is 10.1 Å². The Morgan fingerprint density at radius 1 is 1.18 bits per heavy atom. The first kappa shape index (κ1) is 23.7. The third kappa shape index (κ3) is 6.51. The summed E-state index contributed by atoms with van der Waals surface area (Å²) < 4.78 is 11.7. The van der Waals surface area contributed by atoms with Crippen LogP contribution in [0.5, 0.6) is 5.75 Å². The topological polar surface area (TPSA) is 155 Å². The van der Waals surface area contributed by atoms with Gasteiger partial charge in [-0.05, 0) is 31.9 Å². The number of carbonyl (C=O) groups is 3. The Kier molecular flexibility index (Phi) is 7.95. The van der Waals surface area contributed by atoms with Gasteiger partial charge >= 0.3 is 12.0 Å². The number of ether oxygens (including phenoxy) is 2. The number of esters is 1. The molecule has 1 aliphatic carbocycles.